The van der Waals surface area contributed by atoms with E-state index in [-0.39, 0.29) is 18.4 Å². The molecule has 1 unspecified atom stereocenters. The van der Waals surface area contributed by atoms with E-state index in [4.69, 9.17) is 9.73 Å². The van der Waals surface area contributed by atoms with Gasteiger partial charge in [0.2, 0.25) is 5.91 Å². The molecule has 1 aliphatic rings. The van der Waals surface area contributed by atoms with Crippen molar-refractivity contribution in [3.05, 3.63) is 71.8 Å². The number of aliphatic imine (C=N–C) groups is 1. The highest BCUT2D eigenvalue weighted by atomic mass is 16.6. The molecule has 28 heavy (non-hydrogen) atoms. The molecule has 5 nitrogen and oxygen atoms in total. The molecule has 2 atom stereocenters. The van der Waals surface area contributed by atoms with Gasteiger partial charge >= 0.3 is 5.97 Å². The smallest absolute Gasteiger partial charge is 0.325 e. The Morgan fingerprint density at radius 2 is 1.64 bits per heavy atom. The Balaban J connectivity index is 1.76. The minimum absolute atomic E-state index is 0.0601. The quantitative estimate of drug-likeness (QED) is 0.810. The molecule has 1 N–H and O–H groups in total. The molecular formula is C23H26N2O3. The van der Waals surface area contributed by atoms with Gasteiger partial charge in [-0.2, -0.15) is 0 Å². The minimum Gasteiger partial charge on any atom is -0.459 e. The van der Waals surface area contributed by atoms with Gasteiger partial charge in [-0.05, 0) is 38.3 Å². The van der Waals surface area contributed by atoms with Gasteiger partial charge in [-0.3, -0.25) is 14.6 Å². The molecule has 1 amide bonds. The van der Waals surface area contributed by atoms with Crippen LogP contribution in [-0.2, 0) is 14.3 Å². The normalized spacial score (nSPS) is 19.0. The second kappa shape index (κ2) is 8.38. The van der Waals surface area contributed by atoms with Gasteiger partial charge in [-0.15, -0.1) is 0 Å². The third-order valence-corrected chi connectivity index (χ3v) is 4.52. The van der Waals surface area contributed by atoms with Gasteiger partial charge in [0.05, 0.1) is 0 Å². The van der Waals surface area contributed by atoms with Gasteiger partial charge in [-0.1, -0.05) is 60.7 Å². The molecule has 0 saturated heterocycles. The lowest BCUT2D eigenvalue weighted by Gasteiger charge is -2.21. The van der Waals surface area contributed by atoms with Crippen molar-refractivity contribution in [2.75, 3.05) is 6.54 Å². The van der Waals surface area contributed by atoms with Crippen LogP contribution in [0.1, 0.15) is 44.2 Å². The summed E-state index contributed by atoms with van der Waals surface area (Å²) in [5.41, 5.74) is 2.41. The maximum Gasteiger partial charge on any atom is 0.325 e. The average Bonchev–Trinajstić information content (AvgIpc) is 3.12. The molecule has 0 aromatic heterocycles. The second-order valence-corrected chi connectivity index (χ2v) is 7.91. The van der Waals surface area contributed by atoms with E-state index in [1.807, 2.05) is 60.7 Å². The first-order valence-corrected chi connectivity index (χ1v) is 9.50. The molecule has 146 valence electrons. The van der Waals surface area contributed by atoms with Crippen LogP contribution in [0.25, 0.3) is 0 Å². The molecule has 1 aliphatic heterocycles. The van der Waals surface area contributed by atoms with E-state index in [1.54, 1.807) is 20.8 Å². The zero-order valence-electron chi connectivity index (χ0n) is 16.5. The van der Waals surface area contributed by atoms with E-state index in [0.717, 1.165) is 16.8 Å². The van der Waals surface area contributed by atoms with Crippen LogP contribution in [0.2, 0.25) is 0 Å². The Hall–Kier alpha value is -2.95. The fraction of sp³-hybridized carbons (Fsp3) is 0.348. The SMILES string of the molecule is CC(C)(C)OC(=O)CNC(=O)[C@H]1N=C(c2ccccc2)CC1c1ccccc1. The third-order valence-electron chi connectivity index (χ3n) is 4.52. The van der Waals surface area contributed by atoms with Crippen molar-refractivity contribution in [1.82, 2.24) is 5.32 Å². The van der Waals surface area contributed by atoms with Crippen molar-refractivity contribution in [2.45, 2.75) is 44.8 Å². The topological polar surface area (TPSA) is 67.8 Å². The number of hydrogen-bond acceptors (Lipinski definition) is 4. The van der Waals surface area contributed by atoms with E-state index < -0.39 is 17.6 Å². The van der Waals surface area contributed by atoms with E-state index in [0.29, 0.717) is 6.42 Å². The molecule has 0 fully saturated rings. The van der Waals surface area contributed by atoms with Gasteiger partial charge in [0, 0.05) is 11.6 Å². The first kappa shape index (κ1) is 19.8. The van der Waals surface area contributed by atoms with Gasteiger partial charge in [0.1, 0.15) is 18.2 Å². The number of benzene rings is 2. The Morgan fingerprint density at radius 1 is 1.04 bits per heavy atom. The number of esters is 1. The molecule has 0 aliphatic carbocycles. The minimum atomic E-state index is -0.583. The fourth-order valence-electron chi connectivity index (χ4n) is 3.34. The molecule has 2 aromatic rings. The van der Waals surface area contributed by atoms with Gasteiger partial charge in [-0.25, -0.2) is 0 Å². The lowest BCUT2D eigenvalue weighted by Crippen LogP contribution is -2.40. The monoisotopic (exact) mass is 378 g/mol. The zero-order valence-corrected chi connectivity index (χ0v) is 16.5. The standard InChI is InChI=1S/C23H26N2O3/c1-23(2,3)28-20(26)15-24-22(27)21-18(16-10-6-4-7-11-16)14-19(25-21)17-12-8-5-9-13-17/h4-13,18,21H,14-15H2,1-3H3,(H,24,27)/t18?,21-/m0/s1. The molecule has 3 rings (SSSR count). The number of amides is 1. The zero-order chi connectivity index (χ0) is 20.1. The predicted octanol–water partition coefficient (Wildman–Crippen LogP) is 3.49. The first-order chi connectivity index (χ1) is 13.3. The van der Waals surface area contributed by atoms with Crippen LogP contribution in [0.4, 0.5) is 0 Å². The summed E-state index contributed by atoms with van der Waals surface area (Å²) in [4.78, 5) is 29.5. The number of hydrogen-bond donors (Lipinski definition) is 1. The second-order valence-electron chi connectivity index (χ2n) is 7.91. The summed E-state index contributed by atoms with van der Waals surface area (Å²) in [7, 11) is 0. The molecule has 0 saturated carbocycles. The van der Waals surface area contributed by atoms with Crippen molar-refractivity contribution >= 4 is 17.6 Å². The lowest BCUT2D eigenvalue weighted by molar-refractivity contribution is -0.154. The molecule has 1 heterocycles. The largest absolute Gasteiger partial charge is 0.459 e. The fourth-order valence-corrected chi connectivity index (χ4v) is 3.34. The number of ether oxygens (including phenoxy) is 1. The molecule has 0 bridgehead atoms. The summed E-state index contributed by atoms with van der Waals surface area (Å²) < 4.78 is 5.26. The molecule has 0 radical (unpaired) electrons. The lowest BCUT2D eigenvalue weighted by atomic mass is 9.88. The summed E-state index contributed by atoms with van der Waals surface area (Å²) >= 11 is 0. The van der Waals surface area contributed by atoms with Crippen molar-refractivity contribution in [1.29, 1.82) is 0 Å². The molecule has 0 spiro atoms. The summed E-state index contributed by atoms with van der Waals surface area (Å²) in [6, 6.07) is 19.2. The number of rotatable bonds is 5. The van der Waals surface area contributed by atoms with E-state index in [2.05, 4.69) is 5.32 Å². The third kappa shape index (κ3) is 5.06. The maximum atomic E-state index is 12.9. The Morgan fingerprint density at radius 3 is 2.25 bits per heavy atom. The molecule has 2 aromatic carbocycles. The highest BCUT2D eigenvalue weighted by molar-refractivity contribution is 6.05. The van der Waals surface area contributed by atoms with Crippen LogP contribution in [0, 0.1) is 0 Å². The number of carbonyl (C=O) groups excluding carboxylic acids is 2. The van der Waals surface area contributed by atoms with Crippen molar-refractivity contribution in [3.63, 3.8) is 0 Å². The van der Waals surface area contributed by atoms with Gasteiger partial charge in [0.25, 0.3) is 0 Å². The van der Waals surface area contributed by atoms with Gasteiger partial charge < -0.3 is 10.1 Å². The average molecular weight is 378 g/mol. The highest BCUT2D eigenvalue weighted by Gasteiger charge is 2.36. The predicted molar refractivity (Wildman–Crippen MR) is 109 cm³/mol. The summed E-state index contributed by atoms with van der Waals surface area (Å²) in [5.74, 6) is -0.775. The van der Waals surface area contributed by atoms with E-state index in [1.165, 1.54) is 0 Å². The van der Waals surface area contributed by atoms with Crippen LogP contribution in [0.3, 0.4) is 0 Å². The van der Waals surface area contributed by atoms with Crippen molar-refractivity contribution < 1.29 is 14.3 Å². The number of nitrogens with one attached hydrogen (secondary N) is 1. The van der Waals surface area contributed by atoms with Crippen LogP contribution in [-0.4, -0.2) is 35.8 Å². The Labute approximate surface area is 165 Å². The summed E-state index contributed by atoms with van der Waals surface area (Å²) in [5, 5.41) is 2.70. The van der Waals surface area contributed by atoms with Gasteiger partial charge in [0.15, 0.2) is 0 Å². The van der Waals surface area contributed by atoms with Crippen LogP contribution in [0.5, 0.6) is 0 Å². The molecule has 5 heteroatoms. The van der Waals surface area contributed by atoms with Crippen molar-refractivity contribution in [2.24, 2.45) is 4.99 Å². The summed E-state index contributed by atoms with van der Waals surface area (Å²) in [6.07, 6.45) is 0.679. The summed E-state index contributed by atoms with van der Waals surface area (Å²) in [6.45, 7) is 5.23. The van der Waals surface area contributed by atoms with Crippen LogP contribution in [0.15, 0.2) is 65.7 Å². The van der Waals surface area contributed by atoms with Crippen LogP contribution < -0.4 is 5.32 Å². The van der Waals surface area contributed by atoms with Crippen LogP contribution >= 0.6 is 0 Å². The van der Waals surface area contributed by atoms with E-state index in [9.17, 15) is 9.59 Å². The Bertz CT molecular complexity index is 854. The molecular weight excluding hydrogens is 352 g/mol. The maximum absolute atomic E-state index is 12.9. The van der Waals surface area contributed by atoms with Crippen molar-refractivity contribution in [3.8, 4) is 0 Å². The number of nitrogens with zero attached hydrogens (tertiary/aromatic N) is 1. The van der Waals surface area contributed by atoms with E-state index >= 15 is 0 Å². The highest BCUT2D eigenvalue weighted by Crippen LogP contribution is 2.33. The number of carbonyl (C=O) groups is 2. The Kier molecular flexibility index (Phi) is 5.93. The first-order valence-electron chi connectivity index (χ1n) is 9.50.